The van der Waals surface area contributed by atoms with Gasteiger partial charge in [-0.2, -0.15) is 0 Å². The van der Waals surface area contributed by atoms with E-state index >= 15 is 0 Å². The molecule has 2 N–H and O–H groups in total. The molecule has 110 valence electrons. The maximum absolute atomic E-state index is 13.8. The van der Waals surface area contributed by atoms with E-state index in [2.05, 4.69) is 4.72 Å². The highest BCUT2D eigenvalue weighted by atomic mass is 35.5. The van der Waals surface area contributed by atoms with Gasteiger partial charge in [-0.1, -0.05) is 23.7 Å². The van der Waals surface area contributed by atoms with Gasteiger partial charge in [0.25, 0.3) is 10.0 Å². The Labute approximate surface area is 125 Å². The molecule has 0 heterocycles. The molecule has 2 aromatic carbocycles. The van der Waals surface area contributed by atoms with Crippen LogP contribution in [0.3, 0.4) is 0 Å². The van der Waals surface area contributed by atoms with Crippen LogP contribution in [-0.4, -0.2) is 19.5 Å². The summed E-state index contributed by atoms with van der Waals surface area (Å²) in [6.45, 7) is 0. The molecule has 5 nitrogen and oxygen atoms in total. The Hall–Kier alpha value is -2.12. The Balaban J connectivity index is 2.40. The van der Waals surface area contributed by atoms with Crippen molar-refractivity contribution in [3.05, 3.63) is 58.9 Å². The monoisotopic (exact) mass is 329 g/mol. The summed E-state index contributed by atoms with van der Waals surface area (Å²) in [7, 11) is -4.21. The highest BCUT2D eigenvalue weighted by molar-refractivity contribution is 7.92. The van der Waals surface area contributed by atoms with Crippen LogP contribution in [0.2, 0.25) is 5.02 Å². The zero-order valence-electron chi connectivity index (χ0n) is 10.4. The quantitative estimate of drug-likeness (QED) is 0.903. The molecule has 0 aromatic heterocycles. The number of nitrogens with one attached hydrogen (secondary N) is 1. The summed E-state index contributed by atoms with van der Waals surface area (Å²) < 4.78 is 40.1. The van der Waals surface area contributed by atoms with Gasteiger partial charge < -0.3 is 5.11 Å². The van der Waals surface area contributed by atoms with Gasteiger partial charge in [0.1, 0.15) is 4.90 Å². The highest BCUT2D eigenvalue weighted by Gasteiger charge is 2.21. The van der Waals surface area contributed by atoms with E-state index in [0.717, 1.165) is 12.1 Å². The van der Waals surface area contributed by atoms with E-state index in [9.17, 15) is 17.6 Å². The molecule has 0 aliphatic carbocycles. The lowest BCUT2D eigenvalue weighted by molar-refractivity contribution is 0.0697. The van der Waals surface area contributed by atoms with Crippen LogP contribution in [-0.2, 0) is 10.0 Å². The Bertz CT molecular complexity index is 808. The fraction of sp³-hybridized carbons (Fsp3) is 0. The predicted octanol–water partition coefficient (Wildman–Crippen LogP) is 2.98. The van der Waals surface area contributed by atoms with E-state index in [4.69, 9.17) is 16.7 Å². The highest BCUT2D eigenvalue weighted by Crippen LogP contribution is 2.24. The van der Waals surface area contributed by atoms with Crippen molar-refractivity contribution in [1.29, 1.82) is 0 Å². The summed E-state index contributed by atoms with van der Waals surface area (Å²) >= 11 is 5.54. The Morgan fingerprint density at radius 2 is 1.86 bits per heavy atom. The van der Waals surface area contributed by atoms with Crippen LogP contribution in [0.5, 0.6) is 0 Å². The van der Waals surface area contributed by atoms with E-state index in [-0.39, 0.29) is 16.3 Å². The van der Waals surface area contributed by atoms with Crippen LogP contribution < -0.4 is 4.72 Å². The molecule has 0 spiro atoms. The van der Waals surface area contributed by atoms with Crippen LogP contribution >= 0.6 is 11.6 Å². The number of carboxylic acids is 1. The van der Waals surface area contributed by atoms with Crippen molar-refractivity contribution in [2.45, 2.75) is 4.90 Å². The molecule has 0 amide bonds. The minimum Gasteiger partial charge on any atom is -0.478 e. The molecule has 8 heteroatoms. The van der Waals surface area contributed by atoms with Gasteiger partial charge in [0, 0.05) is 5.69 Å². The van der Waals surface area contributed by atoms with Crippen molar-refractivity contribution in [1.82, 2.24) is 0 Å². The van der Waals surface area contributed by atoms with Gasteiger partial charge >= 0.3 is 5.97 Å². The van der Waals surface area contributed by atoms with E-state index in [1.165, 1.54) is 30.3 Å². The number of carboxylic acid groups (broad SMARTS) is 1. The summed E-state index contributed by atoms with van der Waals surface area (Å²) in [6, 6.07) is 8.74. The number of benzene rings is 2. The largest absolute Gasteiger partial charge is 0.478 e. The number of rotatable bonds is 4. The number of carbonyl (C=O) groups is 1. The normalized spacial score (nSPS) is 11.1. The Morgan fingerprint density at radius 3 is 2.52 bits per heavy atom. The van der Waals surface area contributed by atoms with Gasteiger partial charge in [0.15, 0.2) is 5.82 Å². The number of sulfonamides is 1. The zero-order valence-corrected chi connectivity index (χ0v) is 12.0. The minimum absolute atomic E-state index is 0.00859. The zero-order chi connectivity index (χ0) is 15.6. The van der Waals surface area contributed by atoms with Crippen LogP contribution in [0.4, 0.5) is 10.1 Å². The molecule has 0 saturated carbocycles. The smallest absolute Gasteiger partial charge is 0.335 e. The van der Waals surface area contributed by atoms with Gasteiger partial charge in [0.05, 0.1) is 10.6 Å². The first-order valence-corrected chi connectivity index (χ1v) is 7.47. The summed E-state index contributed by atoms with van der Waals surface area (Å²) in [6.07, 6.45) is 0. The number of hydrogen-bond acceptors (Lipinski definition) is 3. The molecule has 0 saturated heterocycles. The molecule has 21 heavy (non-hydrogen) atoms. The maximum atomic E-state index is 13.8. The van der Waals surface area contributed by atoms with Crippen molar-refractivity contribution in [3.8, 4) is 0 Å². The van der Waals surface area contributed by atoms with Crippen LogP contribution in [0.15, 0.2) is 47.4 Å². The number of halogens is 2. The molecule has 0 radical (unpaired) electrons. The van der Waals surface area contributed by atoms with Gasteiger partial charge in [0.2, 0.25) is 0 Å². The maximum Gasteiger partial charge on any atom is 0.335 e. The fourth-order valence-electron chi connectivity index (χ4n) is 1.62. The van der Waals surface area contributed by atoms with E-state index in [1.54, 1.807) is 0 Å². The van der Waals surface area contributed by atoms with Gasteiger partial charge in [-0.3, -0.25) is 4.72 Å². The Morgan fingerprint density at radius 1 is 1.19 bits per heavy atom. The fourth-order valence-corrected chi connectivity index (χ4v) is 3.00. The van der Waals surface area contributed by atoms with Crippen molar-refractivity contribution >= 4 is 33.3 Å². The first-order valence-electron chi connectivity index (χ1n) is 5.61. The standard InChI is InChI=1S/C13H9ClFNO4S/c14-10-5-2-6-11(12(10)15)21(19,20)16-9-4-1-3-8(7-9)13(17)18/h1-7,16H,(H,17,18). The average Bonchev–Trinajstić information content (AvgIpc) is 2.41. The minimum atomic E-state index is -4.21. The second kappa shape index (κ2) is 5.71. The number of hydrogen-bond donors (Lipinski definition) is 2. The SMILES string of the molecule is O=C(O)c1cccc(NS(=O)(=O)c2cccc(Cl)c2F)c1. The van der Waals surface area contributed by atoms with Crippen LogP contribution in [0, 0.1) is 5.82 Å². The third-order valence-electron chi connectivity index (χ3n) is 2.57. The number of aromatic carboxylic acids is 1. The summed E-state index contributed by atoms with van der Waals surface area (Å²) in [5.41, 5.74) is -0.0870. The second-order valence-corrected chi connectivity index (χ2v) is 6.10. The molecule has 0 fully saturated rings. The van der Waals surface area contributed by atoms with Gasteiger partial charge in [-0.25, -0.2) is 17.6 Å². The topological polar surface area (TPSA) is 83.5 Å². The van der Waals surface area contributed by atoms with Crippen molar-refractivity contribution in [2.24, 2.45) is 0 Å². The van der Waals surface area contributed by atoms with Crippen molar-refractivity contribution < 1.29 is 22.7 Å². The lowest BCUT2D eigenvalue weighted by Gasteiger charge is -2.10. The van der Waals surface area contributed by atoms with E-state index in [0.29, 0.717) is 0 Å². The Kier molecular flexibility index (Phi) is 4.15. The molecule has 0 unspecified atom stereocenters. The first-order chi connectivity index (χ1) is 9.81. The molecule has 0 aliphatic heterocycles. The van der Waals surface area contributed by atoms with Gasteiger partial charge in [-0.15, -0.1) is 0 Å². The van der Waals surface area contributed by atoms with Gasteiger partial charge in [-0.05, 0) is 30.3 Å². The van der Waals surface area contributed by atoms with Crippen molar-refractivity contribution in [3.63, 3.8) is 0 Å². The third kappa shape index (κ3) is 3.32. The third-order valence-corrected chi connectivity index (χ3v) is 4.26. The second-order valence-electron chi connectivity index (χ2n) is 4.04. The number of anilines is 1. The van der Waals surface area contributed by atoms with Crippen LogP contribution in [0.25, 0.3) is 0 Å². The molecule has 0 atom stereocenters. The lowest BCUT2D eigenvalue weighted by atomic mass is 10.2. The molecule has 0 bridgehead atoms. The summed E-state index contributed by atoms with van der Waals surface area (Å²) in [4.78, 5) is 10.2. The van der Waals surface area contributed by atoms with E-state index < -0.39 is 26.7 Å². The molecular weight excluding hydrogens is 321 g/mol. The average molecular weight is 330 g/mol. The van der Waals surface area contributed by atoms with Crippen molar-refractivity contribution in [2.75, 3.05) is 4.72 Å². The predicted molar refractivity (Wildman–Crippen MR) is 75.6 cm³/mol. The summed E-state index contributed by atoms with van der Waals surface area (Å²) in [5, 5.41) is 8.53. The van der Waals surface area contributed by atoms with Crippen LogP contribution in [0.1, 0.15) is 10.4 Å². The molecular formula is C13H9ClFNO4S. The molecule has 2 rings (SSSR count). The lowest BCUT2D eigenvalue weighted by Crippen LogP contribution is -2.15. The summed E-state index contributed by atoms with van der Waals surface area (Å²) in [5.74, 6) is -2.27. The molecule has 2 aromatic rings. The first kappa shape index (κ1) is 15.3. The van der Waals surface area contributed by atoms with E-state index in [1.807, 2.05) is 0 Å². The molecule has 0 aliphatic rings.